The molecule has 182 valence electrons. The number of thiazole rings is 1. The highest BCUT2D eigenvalue weighted by Crippen LogP contribution is 2.44. The second-order valence-electron chi connectivity index (χ2n) is 8.90. The van der Waals surface area contributed by atoms with E-state index in [1.54, 1.807) is 6.20 Å². The van der Waals surface area contributed by atoms with E-state index in [1.807, 2.05) is 24.3 Å². The van der Waals surface area contributed by atoms with E-state index >= 15 is 0 Å². The van der Waals surface area contributed by atoms with Crippen LogP contribution in [-0.2, 0) is 20.7 Å². The first-order valence-electron chi connectivity index (χ1n) is 11.2. The molecule has 1 aliphatic rings. The molecule has 35 heavy (non-hydrogen) atoms. The molecule has 9 heteroatoms. The SMILES string of the molecule is CN(C(=O)CCc1cnc(NC(=O)OCC2c3ccccc3-c3ccccc32)s1)C(C)(C)C(=O)O. The molecule has 0 spiro atoms. The van der Waals surface area contributed by atoms with Gasteiger partial charge in [0.1, 0.15) is 12.1 Å². The summed E-state index contributed by atoms with van der Waals surface area (Å²) in [7, 11) is 1.48. The number of carbonyl (C=O) groups excluding carboxylic acids is 2. The highest BCUT2D eigenvalue weighted by molar-refractivity contribution is 7.15. The van der Waals surface area contributed by atoms with Gasteiger partial charge < -0.3 is 14.7 Å². The fraction of sp³-hybridized carbons (Fsp3) is 0.308. The van der Waals surface area contributed by atoms with Gasteiger partial charge >= 0.3 is 12.1 Å². The Kier molecular flexibility index (Phi) is 6.88. The first kappa shape index (κ1) is 24.4. The average Bonchev–Trinajstić information content (AvgIpc) is 3.42. The van der Waals surface area contributed by atoms with Gasteiger partial charge in [-0.3, -0.25) is 10.1 Å². The number of carboxylic acids is 1. The molecule has 0 radical (unpaired) electrons. The van der Waals surface area contributed by atoms with Gasteiger partial charge in [0, 0.05) is 30.5 Å². The number of ether oxygens (including phenoxy) is 1. The van der Waals surface area contributed by atoms with Crippen molar-refractivity contribution in [2.45, 2.75) is 38.1 Å². The molecule has 4 rings (SSSR count). The predicted molar refractivity (Wildman–Crippen MR) is 134 cm³/mol. The molecular formula is C26H27N3O5S. The normalized spacial score (nSPS) is 12.5. The lowest BCUT2D eigenvalue weighted by Gasteiger charge is -2.31. The summed E-state index contributed by atoms with van der Waals surface area (Å²) in [5.41, 5.74) is 3.31. The summed E-state index contributed by atoms with van der Waals surface area (Å²) in [6.07, 6.45) is 1.54. The molecule has 2 amide bonds. The van der Waals surface area contributed by atoms with Crippen LogP contribution in [0.5, 0.6) is 0 Å². The van der Waals surface area contributed by atoms with Crippen LogP contribution in [0.2, 0.25) is 0 Å². The van der Waals surface area contributed by atoms with Crippen LogP contribution >= 0.6 is 11.3 Å². The number of carboxylic acid groups (broad SMARTS) is 1. The molecular weight excluding hydrogens is 466 g/mol. The Balaban J connectivity index is 1.31. The van der Waals surface area contributed by atoms with Gasteiger partial charge in [0.25, 0.3) is 0 Å². The van der Waals surface area contributed by atoms with Crippen molar-refractivity contribution in [1.82, 2.24) is 9.88 Å². The Morgan fingerprint density at radius 2 is 1.69 bits per heavy atom. The van der Waals surface area contributed by atoms with Gasteiger partial charge in [0.15, 0.2) is 5.13 Å². The molecule has 0 bridgehead atoms. The maximum atomic E-state index is 12.4. The number of amides is 2. The van der Waals surface area contributed by atoms with Crippen LogP contribution in [0.15, 0.2) is 54.7 Å². The van der Waals surface area contributed by atoms with Crippen LogP contribution in [-0.4, -0.2) is 52.2 Å². The van der Waals surface area contributed by atoms with Crippen LogP contribution in [0.1, 0.15) is 42.2 Å². The van der Waals surface area contributed by atoms with E-state index in [1.165, 1.54) is 37.1 Å². The number of fused-ring (bicyclic) bond motifs is 3. The third-order valence-corrected chi connectivity index (χ3v) is 7.40. The minimum absolute atomic E-state index is 0.0296. The highest BCUT2D eigenvalue weighted by Gasteiger charge is 2.35. The second kappa shape index (κ2) is 9.87. The number of hydrogen-bond acceptors (Lipinski definition) is 6. The minimum Gasteiger partial charge on any atom is -0.480 e. The minimum atomic E-state index is -1.29. The van der Waals surface area contributed by atoms with Crippen molar-refractivity contribution < 1.29 is 24.2 Å². The van der Waals surface area contributed by atoms with Crippen LogP contribution in [0.4, 0.5) is 9.93 Å². The number of anilines is 1. The summed E-state index contributed by atoms with van der Waals surface area (Å²) in [5.74, 6) is -1.38. The zero-order valence-corrected chi connectivity index (χ0v) is 20.6. The number of nitrogens with one attached hydrogen (secondary N) is 1. The van der Waals surface area contributed by atoms with Crippen LogP contribution in [0.3, 0.4) is 0 Å². The van der Waals surface area contributed by atoms with E-state index in [2.05, 4.69) is 34.6 Å². The van der Waals surface area contributed by atoms with E-state index in [0.29, 0.717) is 11.6 Å². The Morgan fingerprint density at radius 1 is 1.09 bits per heavy atom. The number of likely N-dealkylation sites (N-methyl/N-ethyl adjacent to an activating group) is 1. The highest BCUT2D eigenvalue weighted by atomic mass is 32.1. The zero-order valence-electron chi connectivity index (χ0n) is 19.8. The van der Waals surface area contributed by atoms with E-state index in [4.69, 9.17) is 4.74 Å². The summed E-state index contributed by atoms with van der Waals surface area (Å²) in [6, 6.07) is 16.3. The van der Waals surface area contributed by atoms with Gasteiger partial charge in [0.05, 0.1) is 0 Å². The fourth-order valence-electron chi connectivity index (χ4n) is 4.06. The van der Waals surface area contributed by atoms with Gasteiger partial charge in [-0.1, -0.05) is 48.5 Å². The maximum absolute atomic E-state index is 12.4. The molecule has 8 nitrogen and oxygen atoms in total. The summed E-state index contributed by atoms with van der Waals surface area (Å²) < 4.78 is 5.54. The van der Waals surface area contributed by atoms with E-state index in [0.717, 1.165) is 27.1 Å². The number of aromatic nitrogens is 1. The number of aliphatic carboxylic acids is 1. The molecule has 0 saturated heterocycles. The van der Waals surface area contributed by atoms with Crippen molar-refractivity contribution in [2.75, 3.05) is 19.0 Å². The molecule has 0 saturated carbocycles. The van der Waals surface area contributed by atoms with Crippen LogP contribution in [0.25, 0.3) is 11.1 Å². The first-order valence-corrected chi connectivity index (χ1v) is 12.1. The lowest BCUT2D eigenvalue weighted by atomic mass is 9.98. The average molecular weight is 494 g/mol. The number of hydrogen-bond donors (Lipinski definition) is 2. The number of rotatable bonds is 8. The van der Waals surface area contributed by atoms with Gasteiger partial charge in [-0.05, 0) is 42.5 Å². The zero-order chi connectivity index (χ0) is 25.2. The topological polar surface area (TPSA) is 109 Å². The van der Waals surface area contributed by atoms with Crippen molar-refractivity contribution in [3.63, 3.8) is 0 Å². The van der Waals surface area contributed by atoms with E-state index in [9.17, 15) is 19.5 Å². The van der Waals surface area contributed by atoms with Crippen molar-refractivity contribution in [1.29, 1.82) is 0 Å². The fourth-order valence-corrected chi connectivity index (χ4v) is 4.85. The Morgan fingerprint density at radius 3 is 2.29 bits per heavy atom. The Bertz CT molecular complexity index is 1220. The standard InChI is InChI=1S/C26H27N3O5S/c1-26(2,23(31)32)29(3)22(30)13-12-16-14-27-24(35-16)28-25(33)34-15-21-19-10-6-4-8-17(19)18-9-5-7-11-20(18)21/h4-11,14,21H,12-13,15H2,1-3H3,(H,31,32)(H,27,28,33). The molecule has 2 aromatic carbocycles. The number of nitrogens with zero attached hydrogens (tertiary/aromatic N) is 2. The van der Waals surface area contributed by atoms with E-state index in [-0.39, 0.29) is 24.9 Å². The predicted octanol–water partition coefficient (Wildman–Crippen LogP) is 4.76. The molecule has 0 atom stereocenters. The molecule has 1 aromatic heterocycles. The van der Waals surface area contributed by atoms with E-state index < -0.39 is 17.6 Å². The van der Waals surface area contributed by atoms with Crippen LogP contribution in [0, 0.1) is 0 Å². The monoisotopic (exact) mass is 493 g/mol. The largest absolute Gasteiger partial charge is 0.480 e. The maximum Gasteiger partial charge on any atom is 0.413 e. The summed E-state index contributed by atoms with van der Waals surface area (Å²) >= 11 is 1.25. The third-order valence-electron chi connectivity index (χ3n) is 6.43. The van der Waals surface area contributed by atoms with Crippen LogP contribution < -0.4 is 5.32 Å². The summed E-state index contributed by atoms with van der Waals surface area (Å²) in [5, 5.41) is 12.3. The number of carbonyl (C=O) groups is 3. The van der Waals surface area contributed by atoms with Crippen molar-refractivity contribution in [2.24, 2.45) is 0 Å². The first-order chi connectivity index (χ1) is 16.7. The molecule has 0 unspecified atom stereocenters. The number of aryl methyl sites for hydroxylation is 1. The molecule has 3 aromatic rings. The summed E-state index contributed by atoms with van der Waals surface area (Å²) in [6.45, 7) is 3.17. The van der Waals surface area contributed by atoms with Crippen molar-refractivity contribution in [3.05, 3.63) is 70.7 Å². The molecule has 0 aliphatic heterocycles. The number of benzene rings is 2. The lowest BCUT2D eigenvalue weighted by Crippen LogP contribution is -2.50. The van der Waals surface area contributed by atoms with Crippen molar-refractivity contribution in [3.8, 4) is 11.1 Å². The quantitative estimate of drug-likeness (QED) is 0.468. The Labute approximate surface area is 207 Å². The third kappa shape index (κ3) is 5.05. The smallest absolute Gasteiger partial charge is 0.413 e. The molecule has 1 aliphatic carbocycles. The second-order valence-corrected chi connectivity index (χ2v) is 10.0. The molecule has 1 heterocycles. The van der Waals surface area contributed by atoms with Crippen molar-refractivity contribution >= 4 is 34.4 Å². The van der Waals surface area contributed by atoms with Gasteiger partial charge in [-0.25, -0.2) is 14.6 Å². The van der Waals surface area contributed by atoms with Gasteiger partial charge in [0.2, 0.25) is 5.91 Å². The van der Waals surface area contributed by atoms with Gasteiger partial charge in [-0.2, -0.15) is 0 Å². The molecule has 2 N–H and O–H groups in total. The lowest BCUT2D eigenvalue weighted by molar-refractivity contribution is -0.155. The molecule has 0 fully saturated rings. The Hall–Kier alpha value is -3.72. The summed E-state index contributed by atoms with van der Waals surface area (Å²) in [4.78, 5) is 42.4. The van der Waals surface area contributed by atoms with Gasteiger partial charge in [-0.15, -0.1) is 11.3 Å².